The molecule has 1 aliphatic rings. The Morgan fingerprint density at radius 3 is 2.68 bits per heavy atom. The van der Waals surface area contributed by atoms with Crippen molar-refractivity contribution in [2.45, 2.75) is 52.5 Å². The predicted octanol–water partition coefficient (Wildman–Crippen LogP) is 2.91. The predicted molar refractivity (Wildman–Crippen MR) is 81.6 cm³/mol. The normalized spacial score (nSPS) is 17.1. The van der Waals surface area contributed by atoms with Crippen molar-refractivity contribution in [3.8, 4) is 0 Å². The number of aryl methyl sites for hydroxylation is 1. The highest BCUT2D eigenvalue weighted by atomic mass is 15.2. The summed E-state index contributed by atoms with van der Waals surface area (Å²) >= 11 is 0. The van der Waals surface area contributed by atoms with E-state index < -0.39 is 0 Å². The summed E-state index contributed by atoms with van der Waals surface area (Å²) < 4.78 is 0. The molecule has 0 saturated heterocycles. The monoisotopic (exact) mass is 261 g/mol. The van der Waals surface area contributed by atoms with E-state index in [0.29, 0.717) is 0 Å². The lowest BCUT2D eigenvalue weighted by Gasteiger charge is -2.33. The van der Waals surface area contributed by atoms with Gasteiger partial charge >= 0.3 is 0 Å². The van der Waals surface area contributed by atoms with Gasteiger partial charge in [-0.25, -0.2) is 4.98 Å². The van der Waals surface area contributed by atoms with Gasteiger partial charge in [0.2, 0.25) is 0 Å². The van der Waals surface area contributed by atoms with E-state index in [2.05, 4.69) is 29.8 Å². The van der Waals surface area contributed by atoms with Gasteiger partial charge in [0, 0.05) is 25.3 Å². The lowest BCUT2D eigenvalue weighted by atomic mass is 9.85. The molecule has 1 aromatic rings. The number of anilines is 1. The molecule has 1 heterocycles. The highest BCUT2D eigenvalue weighted by molar-refractivity contribution is 5.47. The van der Waals surface area contributed by atoms with Gasteiger partial charge in [0.25, 0.3) is 0 Å². The van der Waals surface area contributed by atoms with Gasteiger partial charge in [-0.05, 0) is 57.1 Å². The molecule has 2 N–H and O–H groups in total. The Morgan fingerprint density at radius 2 is 2.21 bits per heavy atom. The van der Waals surface area contributed by atoms with Crippen molar-refractivity contribution >= 4 is 5.82 Å². The van der Waals surface area contributed by atoms with Crippen molar-refractivity contribution in [3.05, 3.63) is 23.4 Å². The van der Waals surface area contributed by atoms with Gasteiger partial charge in [0.05, 0.1) is 0 Å². The number of pyridine rings is 1. The van der Waals surface area contributed by atoms with Crippen LogP contribution in [0.15, 0.2) is 12.3 Å². The maximum absolute atomic E-state index is 5.85. The fourth-order valence-electron chi connectivity index (χ4n) is 2.79. The first kappa shape index (κ1) is 14.3. The minimum absolute atomic E-state index is 0.198. The molecule has 0 amide bonds. The first-order chi connectivity index (χ1) is 9.10. The Balaban J connectivity index is 2.08. The van der Waals surface area contributed by atoms with Gasteiger partial charge in [-0.15, -0.1) is 0 Å². The van der Waals surface area contributed by atoms with Crippen molar-refractivity contribution in [2.24, 2.45) is 11.7 Å². The van der Waals surface area contributed by atoms with Crippen LogP contribution in [0.3, 0.4) is 0 Å². The summed E-state index contributed by atoms with van der Waals surface area (Å²) in [5.74, 6) is 2.03. The standard InChI is InChI=1S/C16H27N3/c1-4-19(11-14-6-5-7-14)16-12(2)8-15(10-18-16)9-13(3)17/h8,10,13-14H,4-7,9,11,17H2,1-3H3. The van der Waals surface area contributed by atoms with Gasteiger partial charge in [-0.2, -0.15) is 0 Å². The van der Waals surface area contributed by atoms with E-state index in [1.54, 1.807) is 0 Å². The SMILES string of the molecule is CCN(CC1CCC1)c1ncc(CC(C)N)cc1C. The second-order valence-electron chi connectivity index (χ2n) is 6.00. The first-order valence-electron chi connectivity index (χ1n) is 7.56. The summed E-state index contributed by atoms with van der Waals surface area (Å²) in [4.78, 5) is 7.11. The van der Waals surface area contributed by atoms with Crippen molar-refractivity contribution < 1.29 is 0 Å². The maximum Gasteiger partial charge on any atom is 0.131 e. The molecular weight excluding hydrogens is 234 g/mol. The topological polar surface area (TPSA) is 42.2 Å². The molecule has 1 fully saturated rings. The third-order valence-corrected chi connectivity index (χ3v) is 4.05. The number of aromatic nitrogens is 1. The molecule has 19 heavy (non-hydrogen) atoms. The van der Waals surface area contributed by atoms with Crippen molar-refractivity contribution in [3.63, 3.8) is 0 Å². The highest BCUT2D eigenvalue weighted by Crippen LogP contribution is 2.29. The van der Waals surface area contributed by atoms with Crippen LogP contribution in [0.1, 0.15) is 44.2 Å². The summed E-state index contributed by atoms with van der Waals surface area (Å²) in [6, 6.07) is 2.44. The maximum atomic E-state index is 5.85. The Hall–Kier alpha value is -1.09. The van der Waals surface area contributed by atoms with Gasteiger partial charge in [0.1, 0.15) is 5.82 Å². The zero-order chi connectivity index (χ0) is 13.8. The first-order valence-corrected chi connectivity index (χ1v) is 7.56. The van der Waals surface area contributed by atoms with Crippen molar-refractivity contribution in [1.29, 1.82) is 0 Å². The molecular formula is C16H27N3. The van der Waals surface area contributed by atoms with E-state index in [0.717, 1.165) is 31.2 Å². The van der Waals surface area contributed by atoms with Crippen molar-refractivity contribution in [2.75, 3.05) is 18.0 Å². The lowest BCUT2D eigenvalue weighted by molar-refractivity contribution is 0.318. The van der Waals surface area contributed by atoms with Crippen LogP contribution in [0.5, 0.6) is 0 Å². The molecule has 0 spiro atoms. The molecule has 0 aliphatic heterocycles. The second-order valence-corrected chi connectivity index (χ2v) is 6.00. The average molecular weight is 261 g/mol. The summed E-state index contributed by atoms with van der Waals surface area (Å²) in [6.45, 7) is 8.62. The summed E-state index contributed by atoms with van der Waals surface area (Å²) in [6.07, 6.45) is 7.08. The van der Waals surface area contributed by atoms with Gasteiger partial charge < -0.3 is 10.6 Å². The summed E-state index contributed by atoms with van der Waals surface area (Å²) in [7, 11) is 0. The zero-order valence-corrected chi connectivity index (χ0v) is 12.5. The number of rotatable bonds is 6. The molecule has 106 valence electrons. The Bertz CT molecular complexity index is 410. The van der Waals surface area contributed by atoms with Crippen LogP contribution in [0, 0.1) is 12.8 Å². The smallest absolute Gasteiger partial charge is 0.131 e. The fourth-order valence-corrected chi connectivity index (χ4v) is 2.79. The Morgan fingerprint density at radius 1 is 1.47 bits per heavy atom. The van der Waals surface area contributed by atoms with Crippen molar-refractivity contribution in [1.82, 2.24) is 4.98 Å². The fraction of sp³-hybridized carbons (Fsp3) is 0.688. The van der Waals surface area contributed by atoms with E-state index in [9.17, 15) is 0 Å². The molecule has 1 atom stereocenters. The minimum atomic E-state index is 0.198. The van der Waals surface area contributed by atoms with E-state index in [-0.39, 0.29) is 6.04 Å². The average Bonchev–Trinajstić information content (AvgIpc) is 2.29. The summed E-state index contributed by atoms with van der Waals surface area (Å²) in [5, 5.41) is 0. The highest BCUT2D eigenvalue weighted by Gasteiger charge is 2.21. The zero-order valence-electron chi connectivity index (χ0n) is 12.5. The molecule has 3 nitrogen and oxygen atoms in total. The van der Waals surface area contributed by atoms with Crippen LogP contribution in [0.2, 0.25) is 0 Å². The largest absolute Gasteiger partial charge is 0.356 e. The van der Waals surface area contributed by atoms with E-state index in [1.807, 2.05) is 13.1 Å². The van der Waals surface area contributed by atoms with Crippen LogP contribution in [-0.4, -0.2) is 24.1 Å². The van der Waals surface area contributed by atoms with Gasteiger partial charge in [-0.3, -0.25) is 0 Å². The molecule has 0 radical (unpaired) electrons. The quantitative estimate of drug-likeness (QED) is 0.856. The second kappa shape index (κ2) is 6.38. The third-order valence-electron chi connectivity index (χ3n) is 4.05. The van der Waals surface area contributed by atoms with Gasteiger partial charge in [-0.1, -0.05) is 12.5 Å². The number of nitrogens with zero attached hydrogens (tertiary/aromatic N) is 2. The minimum Gasteiger partial charge on any atom is -0.356 e. The van der Waals surface area contributed by atoms with E-state index >= 15 is 0 Å². The molecule has 2 rings (SSSR count). The van der Waals surface area contributed by atoms with Crippen LogP contribution >= 0.6 is 0 Å². The number of hydrogen-bond donors (Lipinski definition) is 1. The third kappa shape index (κ3) is 3.69. The van der Waals surface area contributed by atoms with Crippen LogP contribution < -0.4 is 10.6 Å². The Kier molecular flexibility index (Phi) is 4.81. The molecule has 1 aliphatic carbocycles. The van der Waals surface area contributed by atoms with Crippen LogP contribution in [-0.2, 0) is 6.42 Å². The van der Waals surface area contributed by atoms with E-state index in [1.165, 1.54) is 30.4 Å². The van der Waals surface area contributed by atoms with Crippen LogP contribution in [0.25, 0.3) is 0 Å². The molecule has 0 aromatic carbocycles. The molecule has 3 heteroatoms. The molecule has 1 saturated carbocycles. The van der Waals surface area contributed by atoms with Crippen LogP contribution in [0.4, 0.5) is 5.82 Å². The van der Waals surface area contributed by atoms with Gasteiger partial charge in [0.15, 0.2) is 0 Å². The van der Waals surface area contributed by atoms with E-state index in [4.69, 9.17) is 5.73 Å². The lowest BCUT2D eigenvalue weighted by Crippen LogP contribution is -2.33. The summed E-state index contributed by atoms with van der Waals surface area (Å²) in [5.41, 5.74) is 8.38. The molecule has 1 unspecified atom stereocenters. The molecule has 1 aromatic heterocycles. The number of hydrogen-bond acceptors (Lipinski definition) is 3. The molecule has 0 bridgehead atoms. The number of nitrogens with two attached hydrogens (primary N) is 1. The Labute approximate surface area is 117 Å².